The molecule has 0 aromatic heterocycles. The summed E-state index contributed by atoms with van der Waals surface area (Å²) in [6, 6.07) is 0. The normalized spacial score (nSPS) is 55.2. The zero-order chi connectivity index (χ0) is 18.0. The Labute approximate surface area is 150 Å². The fraction of sp³-hybridized carbons (Fsp3) is 0.952. The van der Waals surface area contributed by atoms with E-state index in [9.17, 15) is 15.0 Å². The van der Waals surface area contributed by atoms with Gasteiger partial charge in [-0.2, -0.15) is 0 Å². The van der Waals surface area contributed by atoms with Crippen LogP contribution in [-0.2, 0) is 4.79 Å². The number of alkyl halides is 1. The largest absolute Gasteiger partial charge is 0.393 e. The maximum absolute atomic E-state index is 16.7. The Morgan fingerprint density at radius 2 is 1.76 bits per heavy atom. The number of aliphatic hydroxyl groups is 2. The van der Waals surface area contributed by atoms with Crippen LogP contribution < -0.4 is 0 Å². The summed E-state index contributed by atoms with van der Waals surface area (Å²) in [6.07, 6.45) is 6.94. The number of carbonyl (C=O) groups is 1. The Bertz CT molecular complexity index is 565. The first-order chi connectivity index (χ1) is 11.8. The molecule has 0 amide bonds. The highest BCUT2D eigenvalue weighted by atomic mass is 19.1. The van der Waals surface area contributed by atoms with Gasteiger partial charge in [0.05, 0.1) is 6.10 Å². The van der Waals surface area contributed by atoms with E-state index in [1.54, 1.807) is 0 Å². The van der Waals surface area contributed by atoms with Crippen molar-refractivity contribution in [1.29, 1.82) is 0 Å². The molecule has 0 bridgehead atoms. The summed E-state index contributed by atoms with van der Waals surface area (Å²) in [5.74, 6) is 0.455. The molecule has 142 valence electrons. The van der Waals surface area contributed by atoms with Crippen molar-refractivity contribution in [1.82, 2.24) is 0 Å². The Kier molecular flexibility index (Phi) is 4.12. The predicted octanol–water partition coefficient (Wildman–Crippen LogP) is 3.66. The number of hydrogen-bond donors (Lipinski definition) is 2. The molecule has 4 aliphatic carbocycles. The van der Waals surface area contributed by atoms with Gasteiger partial charge < -0.3 is 10.2 Å². The summed E-state index contributed by atoms with van der Waals surface area (Å²) >= 11 is 0. The molecule has 4 heteroatoms. The van der Waals surface area contributed by atoms with Crippen molar-refractivity contribution in [2.75, 3.05) is 6.61 Å². The van der Waals surface area contributed by atoms with Gasteiger partial charge in [-0.05, 0) is 81.0 Å². The highest BCUT2D eigenvalue weighted by molar-refractivity contribution is 5.83. The van der Waals surface area contributed by atoms with E-state index < -0.39 is 5.67 Å². The van der Waals surface area contributed by atoms with Gasteiger partial charge >= 0.3 is 0 Å². The van der Waals surface area contributed by atoms with Crippen LogP contribution in [-0.4, -0.2) is 34.4 Å². The van der Waals surface area contributed by atoms with Crippen LogP contribution in [0.4, 0.5) is 4.39 Å². The van der Waals surface area contributed by atoms with E-state index in [1.165, 1.54) is 0 Å². The van der Waals surface area contributed by atoms with Crippen LogP contribution >= 0.6 is 0 Å². The zero-order valence-electron chi connectivity index (χ0n) is 15.6. The van der Waals surface area contributed by atoms with Crippen LogP contribution in [0, 0.1) is 34.5 Å². The van der Waals surface area contributed by atoms with Crippen molar-refractivity contribution in [2.45, 2.75) is 83.4 Å². The van der Waals surface area contributed by atoms with E-state index in [0.29, 0.717) is 6.42 Å². The SMILES string of the molecule is C[C@]12CC[C@@]3(F)[C@@H](CC[C@@H]4C[C@@H](O)CC[C@@]43C)[C@@H]1CC[C@@H]2C(=O)CO. The molecule has 2 N–H and O–H groups in total. The van der Waals surface area contributed by atoms with Gasteiger partial charge in [0.2, 0.25) is 0 Å². The number of fused-ring (bicyclic) bond motifs is 5. The van der Waals surface area contributed by atoms with Crippen LogP contribution in [0.1, 0.15) is 71.6 Å². The number of ketones is 1. The van der Waals surface area contributed by atoms with Crippen LogP contribution in [0.5, 0.6) is 0 Å². The molecule has 0 heterocycles. The Balaban J connectivity index is 1.66. The van der Waals surface area contributed by atoms with E-state index in [1.807, 2.05) is 0 Å². The van der Waals surface area contributed by atoms with Gasteiger partial charge in [0.1, 0.15) is 12.3 Å². The van der Waals surface area contributed by atoms with Crippen molar-refractivity contribution in [2.24, 2.45) is 34.5 Å². The number of halogens is 1. The molecular formula is C21H33FO3. The third-order valence-corrected chi connectivity index (χ3v) is 9.28. The van der Waals surface area contributed by atoms with Crippen molar-refractivity contribution >= 4 is 5.78 Å². The molecule has 0 aromatic rings. The monoisotopic (exact) mass is 352 g/mol. The summed E-state index contributed by atoms with van der Waals surface area (Å²) in [4.78, 5) is 12.3. The average molecular weight is 352 g/mol. The fourth-order valence-electron chi connectivity index (χ4n) is 7.76. The molecule has 0 radical (unpaired) electrons. The highest BCUT2D eigenvalue weighted by Crippen LogP contribution is 2.70. The third kappa shape index (κ3) is 2.25. The molecule has 4 saturated carbocycles. The molecule has 0 unspecified atom stereocenters. The summed E-state index contributed by atoms with van der Waals surface area (Å²) < 4.78 is 16.7. The molecule has 3 nitrogen and oxygen atoms in total. The van der Waals surface area contributed by atoms with E-state index in [2.05, 4.69) is 13.8 Å². The van der Waals surface area contributed by atoms with Gasteiger partial charge in [-0.25, -0.2) is 4.39 Å². The van der Waals surface area contributed by atoms with Crippen LogP contribution in [0.25, 0.3) is 0 Å². The maximum atomic E-state index is 16.7. The smallest absolute Gasteiger partial charge is 0.161 e. The summed E-state index contributed by atoms with van der Waals surface area (Å²) in [7, 11) is 0. The van der Waals surface area contributed by atoms with Gasteiger partial charge in [0.15, 0.2) is 5.78 Å². The average Bonchev–Trinajstić information content (AvgIpc) is 2.93. The molecular weight excluding hydrogens is 319 g/mol. The van der Waals surface area contributed by atoms with Crippen molar-refractivity contribution in [3.63, 3.8) is 0 Å². The molecule has 4 aliphatic rings. The lowest BCUT2D eigenvalue weighted by molar-refractivity contribution is -0.202. The second-order valence-electron chi connectivity index (χ2n) is 9.96. The molecule has 0 aliphatic heterocycles. The van der Waals surface area contributed by atoms with Gasteiger partial charge in [0, 0.05) is 11.3 Å². The highest BCUT2D eigenvalue weighted by Gasteiger charge is 2.68. The number of rotatable bonds is 2. The molecule has 0 saturated heterocycles. The van der Waals surface area contributed by atoms with E-state index in [4.69, 9.17) is 0 Å². The van der Waals surface area contributed by atoms with Crippen LogP contribution in [0.15, 0.2) is 0 Å². The standard InChI is InChI=1S/C21H33FO3/c1-19-9-10-21(22)16(15(19)5-6-17(19)18(25)12-23)4-3-13-11-14(24)7-8-20(13,21)2/h13-17,23-24H,3-12H2,1-2H3/t13-,14+,15+,16+,17-,19+,20+,21-/m1/s1. The van der Waals surface area contributed by atoms with Crippen molar-refractivity contribution < 1.29 is 19.4 Å². The number of aliphatic hydroxyl groups excluding tert-OH is 2. The molecule has 0 aromatic carbocycles. The third-order valence-electron chi connectivity index (χ3n) is 9.28. The van der Waals surface area contributed by atoms with Crippen LogP contribution in [0.3, 0.4) is 0 Å². The minimum Gasteiger partial charge on any atom is -0.393 e. The minimum atomic E-state index is -1.16. The molecule has 25 heavy (non-hydrogen) atoms. The predicted molar refractivity (Wildman–Crippen MR) is 93.7 cm³/mol. The topological polar surface area (TPSA) is 57.5 Å². The Hall–Kier alpha value is -0.480. The Morgan fingerprint density at radius 3 is 2.48 bits per heavy atom. The van der Waals surface area contributed by atoms with Gasteiger partial charge in [0.25, 0.3) is 0 Å². The van der Waals surface area contributed by atoms with Gasteiger partial charge in [-0.1, -0.05) is 13.8 Å². The fourth-order valence-corrected chi connectivity index (χ4v) is 7.76. The summed E-state index contributed by atoms with van der Waals surface area (Å²) in [5.41, 5.74) is -1.62. The summed E-state index contributed by atoms with van der Waals surface area (Å²) in [5, 5.41) is 19.4. The second-order valence-corrected chi connectivity index (χ2v) is 9.96. The van der Waals surface area contributed by atoms with Crippen molar-refractivity contribution in [3.05, 3.63) is 0 Å². The zero-order valence-corrected chi connectivity index (χ0v) is 15.6. The molecule has 0 spiro atoms. The lowest BCUT2D eigenvalue weighted by Crippen LogP contribution is -2.63. The molecule has 4 rings (SSSR count). The second kappa shape index (κ2) is 5.76. The first-order valence-electron chi connectivity index (χ1n) is 10.3. The summed E-state index contributed by atoms with van der Waals surface area (Å²) in [6.45, 7) is 3.95. The first-order valence-corrected chi connectivity index (χ1v) is 10.3. The van der Waals surface area contributed by atoms with Crippen LogP contribution in [0.2, 0.25) is 0 Å². The number of carbonyl (C=O) groups excluding carboxylic acids is 1. The van der Waals surface area contributed by atoms with Gasteiger partial charge in [-0.15, -0.1) is 0 Å². The molecule has 4 fully saturated rings. The van der Waals surface area contributed by atoms with Crippen molar-refractivity contribution in [3.8, 4) is 0 Å². The van der Waals surface area contributed by atoms with E-state index in [0.717, 1.165) is 51.4 Å². The van der Waals surface area contributed by atoms with E-state index >= 15 is 4.39 Å². The number of Topliss-reactive ketones (excluding diaryl/α,β-unsaturated/α-hetero) is 1. The quantitative estimate of drug-likeness (QED) is 0.797. The molecule has 8 atom stereocenters. The number of hydrogen-bond acceptors (Lipinski definition) is 3. The van der Waals surface area contributed by atoms with E-state index in [-0.39, 0.29) is 53.0 Å². The first kappa shape index (κ1) is 17.9. The lowest BCUT2D eigenvalue weighted by Gasteiger charge is -2.63. The van der Waals surface area contributed by atoms with Gasteiger partial charge in [-0.3, -0.25) is 4.79 Å². The lowest BCUT2D eigenvalue weighted by atomic mass is 9.43. The Morgan fingerprint density at radius 1 is 1.04 bits per heavy atom. The maximum Gasteiger partial charge on any atom is 0.161 e. The minimum absolute atomic E-state index is 0.0410.